The minimum atomic E-state index is -0.504. The maximum absolute atomic E-state index is 11.4. The highest BCUT2D eigenvalue weighted by Gasteiger charge is 2.25. The average Bonchev–Trinajstić information content (AvgIpc) is 2.94. The molecule has 1 aliphatic heterocycles. The van der Waals surface area contributed by atoms with Crippen molar-refractivity contribution >= 4 is 5.91 Å². The molecule has 0 saturated carbocycles. The summed E-state index contributed by atoms with van der Waals surface area (Å²) < 4.78 is 0. The Morgan fingerprint density at radius 3 is 2.86 bits per heavy atom. The third kappa shape index (κ3) is 2.78. The maximum Gasteiger partial charge on any atom is 0.267 e. The number of pyridine rings is 2. The molecule has 1 fully saturated rings. The first-order chi connectivity index (χ1) is 10.1. The molecular formula is C16H18N4O. The Hall–Kier alpha value is -2.27. The monoisotopic (exact) mass is 282 g/mol. The van der Waals surface area contributed by atoms with Crippen LogP contribution >= 0.6 is 0 Å². The predicted octanol–water partition coefficient (Wildman–Crippen LogP) is 1.66. The maximum atomic E-state index is 11.4. The van der Waals surface area contributed by atoms with Crippen molar-refractivity contribution < 1.29 is 4.79 Å². The Morgan fingerprint density at radius 1 is 1.38 bits per heavy atom. The Kier molecular flexibility index (Phi) is 3.66. The minimum Gasteiger partial charge on any atom is -0.364 e. The number of hydrogen-bond donors (Lipinski definition) is 1. The summed E-state index contributed by atoms with van der Waals surface area (Å²) in [6, 6.07) is 7.54. The zero-order valence-electron chi connectivity index (χ0n) is 12.0. The summed E-state index contributed by atoms with van der Waals surface area (Å²) in [5, 5.41) is 0. The van der Waals surface area contributed by atoms with E-state index in [0.717, 1.165) is 36.3 Å². The third-order valence-electron chi connectivity index (χ3n) is 3.95. The molecule has 1 aliphatic rings. The van der Waals surface area contributed by atoms with E-state index in [1.54, 1.807) is 18.5 Å². The fourth-order valence-electron chi connectivity index (χ4n) is 2.86. The lowest BCUT2D eigenvalue weighted by Crippen LogP contribution is -2.16. The van der Waals surface area contributed by atoms with Crippen molar-refractivity contribution in [2.75, 3.05) is 20.1 Å². The van der Waals surface area contributed by atoms with Crippen molar-refractivity contribution in [2.45, 2.75) is 12.3 Å². The van der Waals surface area contributed by atoms with Crippen LogP contribution < -0.4 is 5.73 Å². The lowest BCUT2D eigenvalue weighted by molar-refractivity contribution is 0.0995. The average molecular weight is 282 g/mol. The number of carbonyl (C=O) groups is 1. The van der Waals surface area contributed by atoms with Gasteiger partial charge in [-0.05, 0) is 49.7 Å². The van der Waals surface area contributed by atoms with E-state index in [9.17, 15) is 4.79 Å². The standard InChI is InChI=1S/C16H18N4O/c1-20-8-6-12(10-20)13-4-5-14(16(17)21)19-15(13)11-3-2-7-18-9-11/h2-5,7,9,12H,6,8,10H2,1H3,(H2,17,21)/t12-/m0/s1. The van der Waals surface area contributed by atoms with E-state index in [4.69, 9.17) is 5.73 Å². The molecule has 3 rings (SSSR count). The first-order valence-corrected chi connectivity index (χ1v) is 7.05. The largest absolute Gasteiger partial charge is 0.364 e. The summed E-state index contributed by atoms with van der Waals surface area (Å²) in [6.07, 6.45) is 4.60. The van der Waals surface area contributed by atoms with Crippen LogP contribution in [0.2, 0.25) is 0 Å². The topological polar surface area (TPSA) is 72.1 Å². The molecule has 3 heterocycles. The van der Waals surface area contributed by atoms with E-state index in [0.29, 0.717) is 11.6 Å². The molecule has 1 saturated heterocycles. The number of hydrogen-bond acceptors (Lipinski definition) is 4. The van der Waals surface area contributed by atoms with Crippen LogP contribution in [-0.4, -0.2) is 40.9 Å². The van der Waals surface area contributed by atoms with E-state index in [-0.39, 0.29) is 0 Å². The third-order valence-corrected chi connectivity index (χ3v) is 3.95. The van der Waals surface area contributed by atoms with Gasteiger partial charge >= 0.3 is 0 Å². The molecule has 0 unspecified atom stereocenters. The number of carbonyl (C=O) groups excluding carboxylic acids is 1. The molecular weight excluding hydrogens is 264 g/mol. The Balaban J connectivity index is 2.09. The van der Waals surface area contributed by atoms with Gasteiger partial charge in [-0.15, -0.1) is 0 Å². The zero-order valence-corrected chi connectivity index (χ0v) is 12.0. The van der Waals surface area contributed by atoms with E-state index in [1.807, 2.05) is 18.2 Å². The molecule has 2 aromatic rings. The number of nitrogens with two attached hydrogens (primary N) is 1. The van der Waals surface area contributed by atoms with Gasteiger partial charge in [0.25, 0.3) is 5.91 Å². The van der Waals surface area contributed by atoms with Gasteiger partial charge in [-0.1, -0.05) is 6.07 Å². The van der Waals surface area contributed by atoms with E-state index >= 15 is 0 Å². The summed E-state index contributed by atoms with van der Waals surface area (Å²) in [5.41, 5.74) is 8.56. The highest BCUT2D eigenvalue weighted by Crippen LogP contribution is 2.33. The number of nitrogens with zero attached hydrogens (tertiary/aromatic N) is 3. The molecule has 0 spiro atoms. The number of aromatic nitrogens is 2. The SMILES string of the molecule is CN1CC[C@H](c2ccc(C(N)=O)nc2-c2cccnc2)C1. The van der Waals surface area contributed by atoms with Gasteiger partial charge in [0, 0.05) is 24.5 Å². The second kappa shape index (κ2) is 5.61. The molecule has 2 aromatic heterocycles. The summed E-state index contributed by atoms with van der Waals surface area (Å²) in [4.78, 5) is 22.3. The zero-order chi connectivity index (χ0) is 14.8. The number of likely N-dealkylation sites (tertiary alicyclic amines) is 1. The lowest BCUT2D eigenvalue weighted by Gasteiger charge is -2.16. The van der Waals surface area contributed by atoms with E-state index < -0.39 is 5.91 Å². The minimum absolute atomic E-state index is 0.295. The van der Waals surface area contributed by atoms with Crippen molar-refractivity contribution in [3.8, 4) is 11.3 Å². The number of primary amides is 1. The van der Waals surface area contributed by atoms with Gasteiger partial charge in [0.1, 0.15) is 5.69 Å². The molecule has 0 aliphatic carbocycles. The molecule has 21 heavy (non-hydrogen) atoms. The normalized spacial score (nSPS) is 18.8. The van der Waals surface area contributed by atoms with Crippen molar-refractivity contribution in [1.82, 2.24) is 14.9 Å². The smallest absolute Gasteiger partial charge is 0.267 e. The van der Waals surface area contributed by atoms with Crippen molar-refractivity contribution in [3.05, 3.63) is 47.9 Å². The van der Waals surface area contributed by atoms with Crippen LogP contribution in [0.5, 0.6) is 0 Å². The van der Waals surface area contributed by atoms with Crippen molar-refractivity contribution in [3.63, 3.8) is 0 Å². The summed E-state index contributed by atoms with van der Waals surface area (Å²) in [5.74, 6) is -0.0742. The molecule has 108 valence electrons. The van der Waals surface area contributed by atoms with Gasteiger partial charge in [-0.25, -0.2) is 4.98 Å². The van der Waals surface area contributed by atoms with Gasteiger partial charge in [0.2, 0.25) is 0 Å². The Bertz CT molecular complexity index is 657. The number of likely N-dealkylation sites (N-methyl/N-ethyl adjacent to an activating group) is 1. The fourth-order valence-corrected chi connectivity index (χ4v) is 2.86. The van der Waals surface area contributed by atoms with Crippen molar-refractivity contribution in [2.24, 2.45) is 5.73 Å². The summed E-state index contributed by atoms with van der Waals surface area (Å²) >= 11 is 0. The van der Waals surface area contributed by atoms with Crippen molar-refractivity contribution in [1.29, 1.82) is 0 Å². The molecule has 0 bridgehead atoms. The van der Waals surface area contributed by atoms with Gasteiger partial charge < -0.3 is 10.6 Å². The Labute approximate surface area is 123 Å². The molecule has 5 nitrogen and oxygen atoms in total. The predicted molar refractivity (Wildman–Crippen MR) is 80.8 cm³/mol. The molecule has 1 atom stereocenters. The highest BCUT2D eigenvalue weighted by molar-refractivity contribution is 5.91. The second-order valence-electron chi connectivity index (χ2n) is 5.49. The number of rotatable bonds is 3. The van der Waals surface area contributed by atoms with Crippen LogP contribution in [0, 0.1) is 0 Å². The van der Waals surface area contributed by atoms with Crippen LogP contribution in [0.3, 0.4) is 0 Å². The van der Waals surface area contributed by atoms with Crippen LogP contribution in [0.15, 0.2) is 36.7 Å². The van der Waals surface area contributed by atoms with Gasteiger partial charge in [-0.2, -0.15) is 0 Å². The highest BCUT2D eigenvalue weighted by atomic mass is 16.1. The molecule has 5 heteroatoms. The Morgan fingerprint density at radius 2 is 2.24 bits per heavy atom. The van der Waals surface area contributed by atoms with Crippen LogP contribution in [0.1, 0.15) is 28.4 Å². The quantitative estimate of drug-likeness (QED) is 0.929. The fraction of sp³-hybridized carbons (Fsp3) is 0.312. The van der Waals surface area contributed by atoms with E-state index in [2.05, 4.69) is 21.9 Å². The molecule has 0 radical (unpaired) electrons. The molecule has 0 aromatic carbocycles. The lowest BCUT2D eigenvalue weighted by atomic mass is 9.93. The number of amides is 1. The van der Waals surface area contributed by atoms with Gasteiger partial charge in [0.15, 0.2) is 0 Å². The second-order valence-corrected chi connectivity index (χ2v) is 5.49. The van der Waals surface area contributed by atoms with Crippen LogP contribution in [0.25, 0.3) is 11.3 Å². The molecule has 2 N–H and O–H groups in total. The van der Waals surface area contributed by atoms with E-state index in [1.165, 1.54) is 0 Å². The van der Waals surface area contributed by atoms with Crippen LogP contribution in [0.4, 0.5) is 0 Å². The first kappa shape index (κ1) is 13.7. The summed E-state index contributed by atoms with van der Waals surface area (Å²) in [6.45, 7) is 2.08. The summed E-state index contributed by atoms with van der Waals surface area (Å²) in [7, 11) is 2.12. The van der Waals surface area contributed by atoms with Gasteiger partial charge in [-0.3, -0.25) is 9.78 Å². The van der Waals surface area contributed by atoms with Crippen LogP contribution in [-0.2, 0) is 0 Å². The van der Waals surface area contributed by atoms with Gasteiger partial charge in [0.05, 0.1) is 5.69 Å². The molecule has 1 amide bonds. The first-order valence-electron chi connectivity index (χ1n) is 7.05.